The Hall–Kier alpha value is -0.260. The third-order valence-electron chi connectivity index (χ3n) is 3.05. The van der Waals surface area contributed by atoms with Gasteiger partial charge in [0.15, 0.2) is 0 Å². The Balaban J connectivity index is 2.27. The first-order valence-corrected chi connectivity index (χ1v) is 5.87. The molecule has 1 rings (SSSR count). The molecule has 0 saturated heterocycles. The summed E-state index contributed by atoms with van der Waals surface area (Å²) in [6, 6.07) is 0. The molecular weight excluding hydrogens is 156 g/mol. The lowest BCUT2D eigenvalue weighted by Crippen LogP contribution is -1.98. The normalized spacial score (nSPS) is 26.7. The van der Waals surface area contributed by atoms with E-state index in [0.717, 1.165) is 12.3 Å². The standard InChI is InChI=1S/C13H23/c1-2-13-11-9-7-5-3-4-6-8-10-12-13/h5,7,13H,1-4,6,8-12H2. The lowest BCUT2D eigenvalue weighted by Gasteiger charge is -2.12. The van der Waals surface area contributed by atoms with Gasteiger partial charge < -0.3 is 0 Å². The van der Waals surface area contributed by atoms with Crippen molar-refractivity contribution in [2.24, 2.45) is 5.92 Å². The van der Waals surface area contributed by atoms with Gasteiger partial charge in [-0.15, -0.1) is 0 Å². The van der Waals surface area contributed by atoms with Gasteiger partial charge in [0.05, 0.1) is 0 Å². The molecule has 0 aromatic heterocycles. The molecule has 0 amide bonds. The largest absolute Gasteiger partial charge is 0.0885 e. The van der Waals surface area contributed by atoms with Crippen molar-refractivity contribution < 1.29 is 0 Å². The van der Waals surface area contributed by atoms with E-state index in [2.05, 4.69) is 19.1 Å². The lowest BCUT2D eigenvalue weighted by molar-refractivity contribution is 0.432. The van der Waals surface area contributed by atoms with Crippen molar-refractivity contribution in [2.75, 3.05) is 0 Å². The lowest BCUT2D eigenvalue weighted by atomic mass is 9.94. The minimum atomic E-state index is 0.891. The Morgan fingerprint density at radius 3 is 2.54 bits per heavy atom. The zero-order valence-corrected chi connectivity index (χ0v) is 8.80. The molecule has 13 heavy (non-hydrogen) atoms. The molecule has 1 atom stereocenters. The molecule has 0 heteroatoms. The number of rotatable bonds is 1. The van der Waals surface area contributed by atoms with Crippen molar-refractivity contribution in [1.82, 2.24) is 0 Å². The van der Waals surface area contributed by atoms with Gasteiger partial charge in [0.25, 0.3) is 0 Å². The van der Waals surface area contributed by atoms with E-state index in [1.807, 2.05) is 0 Å². The molecule has 1 aliphatic rings. The van der Waals surface area contributed by atoms with Gasteiger partial charge in [-0.3, -0.25) is 0 Å². The highest BCUT2D eigenvalue weighted by Crippen LogP contribution is 2.20. The molecule has 1 unspecified atom stereocenters. The predicted octanol–water partition coefficient (Wildman–Crippen LogP) is 4.52. The monoisotopic (exact) mass is 179 g/mol. The van der Waals surface area contributed by atoms with Crippen molar-refractivity contribution in [3.05, 3.63) is 19.1 Å². The molecule has 0 spiro atoms. The zero-order chi connectivity index (χ0) is 9.36. The van der Waals surface area contributed by atoms with Crippen LogP contribution in [0.1, 0.15) is 57.8 Å². The van der Waals surface area contributed by atoms with Crippen molar-refractivity contribution in [2.45, 2.75) is 57.8 Å². The molecule has 0 heterocycles. The van der Waals surface area contributed by atoms with E-state index >= 15 is 0 Å². The Labute approximate surface area is 83.4 Å². The second-order valence-corrected chi connectivity index (χ2v) is 4.20. The molecule has 0 fully saturated rings. The number of hydrogen-bond acceptors (Lipinski definition) is 0. The van der Waals surface area contributed by atoms with Crippen molar-refractivity contribution in [3.8, 4) is 0 Å². The van der Waals surface area contributed by atoms with Gasteiger partial charge in [-0.2, -0.15) is 0 Å². The number of hydrogen-bond donors (Lipinski definition) is 0. The molecule has 0 N–H and O–H groups in total. The quantitative estimate of drug-likeness (QED) is 0.519. The first kappa shape index (κ1) is 10.8. The second kappa shape index (κ2) is 7.17. The number of allylic oxidation sites excluding steroid dienone is 2. The topological polar surface area (TPSA) is 0 Å². The van der Waals surface area contributed by atoms with Crippen LogP contribution in [0.25, 0.3) is 0 Å². The van der Waals surface area contributed by atoms with Crippen LogP contribution in [0.15, 0.2) is 12.2 Å². The van der Waals surface area contributed by atoms with Crippen molar-refractivity contribution in [1.29, 1.82) is 0 Å². The van der Waals surface area contributed by atoms with Crippen LogP contribution in [-0.2, 0) is 0 Å². The van der Waals surface area contributed by atoms with Crippen LogP contribution in [0.3, 0.4) is 0 Å². The van der Waals surface area contributed by atoms with E-state index < -0.39 is 0 Å². The summed E-state index contributed by atoms with van der Waals surface area (Å²) in [7, 11) is 0. The van der Waals surface area contributed by atoms with Crippen LogP contribution < -0.4 is 0 Å². The molecular formula is C13H23. The van der Waals surface area contributed by atoms with Crippen LogP contribution in [0.4, 0.5) is 0 Å². The summed E-state index contributed by atoms with van der Waals surface area (Å²) in [5.74, 6) is 0.891. The molecule has 75 valence electrons. The summed E-state index contributed by atoms with van der Waals surface area (Å²) in [5.41, 5.74) is 0. The Bertz CT molecular complexity index is 135. The highest BCUT2D eigenvalue weighted by atomic mass is 14.1. The van der Waals surface area contributed by atoms with Crippen molar-refractivity contribution >= 4 is 0 Å². The molecule has 0 aromatic carbocycles. The summed E-state index contributed by atoms with van der Waals surface area (Å²) in [5, 5.41) is 0. The molecule has 1 aliphatic carbocycles. The molecule has 1 radical (unpaired) electrons. The van der Waals surface area contributed by atoms with Gasteiger partial charge in [-0.1, -0.05) is 51.2 Å². The van der Waals surface area contributed by atoms with Gasteiger partial charge in [0.2, 0.25) is 0 Å². The third-order valence-corrected chi connectivity index (χ3v) is 3.05. The molecule has 0 bridgehead atoms. The zero-order valence-electron chi connectivity index (χ0n) is 8.80. The average Bonchev–Trinajstić information content (AvgIpc) is 2.22. The maximum absolute atomic E-state index is 4.04. The van der Waals surface area contributed by atoms with E-state index in [1.54, 1.807) is 0 Å². The van der Waals surface area contributed by atoms with E-state index in [0.29, 0.717) is 0 Å². The molecule has 0 aromatic rings. The Morgan fingerprint density at radius 2 is 1.69 bits per heavy atom. The van der Waals surface area contributed by atoms with Gasteiger partial charge in [0.1, 0.15) is 0 Å². The van der Waals surface area contributed by atoms with Gasteiger partial charge in [-0.25, -0.2) is 0 Å². The fraction of sp³-hybridized carbons (Fsp3) is 0.769. The highest BCUT2D eigenvalue weighted by Gasteiger charge is 2.05. The van der Waals surface area contributed by atoms with Crippen molar-refractivity contribution in [3.63, 3.8) is 0 Å². The Kier molecular flexibility index (Phi) is 5.97. The van der Waals surface area contributed by atoms with Crippen LogP contribution in [0.5, 0.6) is 0 Å². The summed E-state index contributed by atoms with van der Waals surface area (Å²) in [4.78, 5) is 0. The minimum Gasteiger partial charge on any atom is -0.0885 e. The van der Waals surface area contributed by atoms with Crippen LogP contribution in [-0.4, -0.2) is 0 Å². The summed E-state index contributed by atoms with van der Waals surface area (Å²) < 4.78 is 0. The third kappa shape index (κ3) is 5.13. The highest BCUT2D eigenvalue weighted by molar-refractivity contribution is 4.83. The van der Waals surface area contributed by atoms with Gasteiger partial charge in [0, 0.05) is 0 Å². The maximum atomic E-state index is 4.04. The van der Waals surface area contributed by atoms with Crippen LogP contribution >= 0.6 is 0 Å². The Morgan fingerprint density at radius 1 is 0.923 bits per heavy atom. The van der Waals surface area contributed by atoms with E-state index in [1.165, 1.54) is 51.4 Å². The van der Waals surface area contributed by atoms with E-state index in [4.69, 9.17) is 0 Å². The first-order valence-electron chi connectivity index (χ1n) is 5.87. The average molecular weight is 179 g/mol. The minimum absolute atomic E-state index is 0.891. The maximum Gasteiger partial charge on any atom is -0.0348 e. The SMILES string of the molecule is [CH2]CC1CCC=CCCCCCC1. The fourth-order valence-electron chi connectivity index (χ4n) is 2.05. The smallest absolute Gasteiger partial charge is 0.0348 e. The van der Waals surface area contributed by atoms with Crippen LogP contribution in [0, 0.1) is 12.8 Å². The van der Waals surface area contributed by atoms with E-state index in [-0.39, 0.29) is 0 Å². The van der Waals surface area contributed by atoms with Crippen LogP contribution in [0.2, 0.25) is 0 Å². The van der Waals surface area contributed by atoms with E-state index in [9.17, 15) is 0 Å². The van der Waals surface area contributed by atoms with Gasteiger partial charge in [-0.05, 0) is 31.6 Å². The predicted molar refractivity (Wildman–Crippen MR) is 59.5 cm³/mol. The first-order chi connectivity index (χ1) is 6.43. The summed E-state index contributed by atoms with van der Waals surface area (Å²) in [6.45, 7) is 4.04. The molecule has 0 saturated carbocycles. The van der Waals surface area contributed by atoms with Gasteiger partial charge >= 0.3 is 0 Å². The molecule has 0 aliphatic heterocycles. The second-order valence-electron chi connectivity index (χ2n) is 4.20. The summed E-state index contributed by atoms with van der Waals surface area (Å²) in [6.07, 6.45) is 16.9. The molecule has 0 nitrogen and oxygen atoms in total. The fourth-order valence-corrected chi connectivity index (χ4v) is 2.05. The summed E-state index contributed by atoms with van der Waals surface area (Å²) >= 11 is 0.